The van der Waals surface area contributed by atoms with Crippen LogP contribution in [0, 0.1) is 0 Å². The number of sulfonamides is 1. The first-order chi connectivity index (χ1) is 19.4. The Bertz CT molecular complexity index is 1470. The molecule has 3 aromatic carbocycles. The normalized spacial score (nSPS) is 12.0. The molecule has 0 spiro atoms. The van der Waals surface area contributed by atoms with Gasteiger partial charge in [0.25, 0.3) is 0 Å². The van der Waals surface area contributed by atoms with Crippen molar-refractivity contribution >= 4 is 21.8 Å². The van der Waals surface area contributed by atoms with E-state index in [1.54, 1.807) is 42.4 Å². The summed E-state index contributed by atoms with van der Waals surface area (Å²) >= 11 is 0. The maximum absolute atomic E-state index is 13.8. The molecule has 0 aliphatic carbocycles. The monoisotopic (exact) mass is 559 g/mol. The topological polar surface area (TPSA) is 109 Å². The van der Waals surface area contributed by atoms with Crippen molar-refractivity contribution in [2.45, 2.75) is 43.8 Å². The van der Waals surface area contributed by atoms with Crippen molar-refractivity contribution in [3.63, 3.8) is 0 Å². The second kappa shape index (κ2) is 13.7. The molecule has 0 aliphatic heterocycles. The van der Waals surface area contributed by atoms with E-state index in [0.29, 0.717) is 24.3 Å². The molecular weight excluding hydrogens is 526 g/mol. The fourth-order valence-corrected chi connectivity index (χ4v) is 5.44. The molecule has 9 heteroatoms. The highest BCUT2D eigenvalue weighted by atomic mass is 32.2. The predicted octanol–water partition coefficient (Wildman–Crippen LogP) is 4.60. The Labute approximate surface area is 235 Å². The molecule has 0 unspecified atom stereocenters. The molecule has 2 N–H and O–H groups in total. The van der Waals surface area contributed by atoms with E-state index < -0.39 is 16.1 Å². The van der Waals surface area contributed by atoms with Crippen molar-refractivity contribution in [2.75, 3.05) is 6.54 Å². The van der Waals surface area contributed by atoms with Gasteiger partial charge in [0.15, 0.2) is 0 Å². The lowest BCUT2D eigenvalue weighted by Crippen LogP contribution is -2.43. The van der Waals surface area contributed by atoms with Gasteiger partial charge in [0.1, 0.15) is 11.8 Å². The number of furan rings is 1. The zero-order valence-electron chi connectivity index (χ0n) is 22.3. The van der Waals surface area contributed by atoms with Crippen LogP contribution in [-0.2, 0) is 39.1 Å². The Balaban J connectivity index is 1.57. The number of carbonyl (C=O) groups excluding carboxylic acids is 2. The van der Waals surface area contributed by atoms with Crippen LogP contribution in [0.4, 0.5) is 0 Å². The highest BCUT2D eigenvalue weighted by Gasteiger charge is 2.31. The van der Waals surface area contributed by atoms with Gasteiger partial charge >= 0.3 is 0 Å². The lowest BCUT2D eigenvalue weighted by Gasteiger charge is -2.31. The van der Waals surface area contributed by atoms with E-state index in [2.05, 4.69) is 10.0 Å². The van der Waals surface area contributed by atoms with E-state index in [9.17, 15) is 18.0 Å². The molecule has 8 nitrogen and oxygen atoms in total. The number of nitrogens with one attached hydrogen (secondary N) is 2. The number of nitrogens with zero attached hydrogens (tertiary/aromatic N) is 1. The quantitative estimate of drug-likeness (QED) is 0.249. The zero-order valence-corrected chi connectivity index (χ0v) is 23.1. The standard InChI is InChI=1S/C31H33N3O5S/c1-2-33-40(37,38)28-18-15-24(16-19-28)17-20-29(35)34(23-25-10-5-3-6-11-25)30(26-12-7-4-8-13-26)31(36)32-22-27-14-9-21-39-27/h3-16,18-19,21,30,33H,2,17,20,22-23H2,1H3,(H,32,36)/t30-/m1/s1. The molecule has 0 bridgehead atoms. The maximum Gasteiger partial charge on any atom is 0.247 e. The smallest absolute Gasteiger partial charge is 0.247 e. The Hall–Kier alpha value is -4.21. The summed E-state index contributed by atoms with van der Waals surface area (Å²) < 4.78 is 32.4. The van der Waals surface area contributed by atoms with E-state index in [1.807, 2.05) is 60.7 Å². The molecule has 40 heavy (non-hydrogen) atoms. The summed E-state index contributed by atoms with van der Waals surface area (Å²) in [5.74, 6) is 0.0979. The molecule has 0 fully saturated rings. The molecule has 1 heterocycles. The third-order valence-corrected chi connectivity index (χ3v) is 7.97. The molecular formula is C31H33N3O5S. The van der Waals surface area contributed by atoms with Crippen LogP contribution in [0.2, 0.25) is 0 Å². The first kappa shape index (κ1) is 28.8. The number of carbonyl (C=O) groups is 2. The summed E-state index contributed by atoms with van der Waals surface area (Å²) in [5, 5.41) is 2.92. The Morgan fingerprint density at radius 2 is 1.52 bits per heavy atom. The molecule has 0 saturated carbocycles. The number of rotatable bonds is 13. The van der Waals surface area contributed by atoms with Crippen LogP contribution in [0.15, 0.2) is 113 Å². The number of hydrogen-bond donors (Lipinski definition) is 2. The zero-order chi connectivity index (χ0) is 28.4. The molecule has 2 amide bonds. The fraction of sp³-hybridized carbons (Fsp3) is 0.226. The van der Waals surface area contributed by atoms with Gasteiger partial charge in [-0.3, -0.25) is 9.59 Å². The van der Waals surface area contributed by atoms with Crippen LogP contribution < -0.4 is 10.0 Å². The van der Waals surface area contributed by atoms with Crippen molar-refractivity contribution in [1.82, 2.24) is 14.9 Å². The van der Waals surface area contributed by atoms with Crippen LogP contribution in [0.1, 0.15) is 41.8 Å². The lowest BCUT2D eigenvalue weighted by molar-refractivity contribution is -0.141. The largest absolute Gasteiger partial charge is 0.467 e. The summed E-state index contributed by atoms with van der Waals surface area (Å²) in [6.45, 7) is 2.46. The first-order valence-electron chi connectivity index (χ1n) is 13.1. The Morgan fingerprint density at radius 3 is 2.15 bits per heavy atom. The average Bonchev–Trinajstić information content (AvgIpc) is 3.50. The summed E-state index contributed by atoms with van der Waals surface area (Å²) in [6, 6.07) is 27.9. The van der Waals surface area contributed by atoms with Crippen LogP contribution in [0.25, 0.3) is 0 Å². The van der Waals surface area contributed by atoms with E-state index in [4.69, 9.17) is 4.42 Å². The van der Waals surface area contributed by atoms with Crippen molar-refractivity contribution in [2.24, 2.45) is 0 Å². The molecule has 0 aliphatic rings. The van der Waals surface area contributed by atoms with Crippen molar-refractivity contribution < 1.29 is 22.4 Å². The third-order valence-electron chi connectivity index (χ3n) is 6.40. The van der Waals surface area contributed by atoms with Gasteiger partial charge in [-0.1, -0.05) is 79.7 Å². The summed E-state index contributed by atoms with van der Waals surface area (Å²) in [4.78, 5) is 29.2. The Morgan fingerprint density at radius 1 is 0.850 bits per heavy atom. The van der Waals surface area contributed by atoms with Crippen LogP contribution in [-0.4, -0.2) is 31.7 Å². The molecule has 1 atom stereocenters. The summed E-state index contributed by atoms with van der Waals surface area (Å²) in [5.41, 5.74) is 2.41. The molecule has 208 valence electrons. The van der Waals surface area contributed by atoms with E-state index in [0.717, 1.165) is 11.1 Å². The van der Waals surface area contributed by atoms with Crippen molar-refractivity contribution in [3.8, 4) is 0 Å². The SMILES string of the molecule is CCNS(=O)(=O)c1ccc(CCC(=O)N(Cc2ccccc2)[C@@H](C(=O)NCc2ccco2)c2ccccc2)cc1. The van der Waals surface area contributed by atoms with Gasteiger partial charge in [-0.2, -0.15) is 0 Å². The molecule has 1 aromatic heterocycles. The van der Waals surface area contributed by atoms with Crippen LogP contribution >= 0.6 is 0 Å². The fourth-order valence-electron chi connectivity index (χ4n) is 4.40. The van der Waals surface area contributed by atoms with Gasteiger partial charge in [0, 0.05) is 19.5 Å². The molecule has 4 rings (SSSR count). The van der Waals surface area contributed by atoms with Gasteiger partial charge in [0.2, 0.25) is 21.8 Å². The molecule has 0 radical (unpaired) electrons. The predicted molar refractivity (Wildman–Crippen MR) is 152 cm³/mol. The van der Waals surface area contributed by atoms with Gasteiger partial charge in [0.05, 0.1) is 17.7 Å². The van der Waals surface area contributed by atoms with Crippen LogP contribution in [0.3, 0.4) is 0 Å². The van der Waals surface area contributed by atoms with Crippen LogP contribution in [0.5, 0.6) is 0 Å². The number of amides is 2. The van der Waals surface area contributed by atoms with Gasteiger partial charge < -0.3 is 14.6 Å². The average molecular weight is 560 g/mol. The number of benzene rings is 3. The van der Waals surface area contributed by atoms with Gasteiger partial charge in [-0.25, -0.2) is 13.1 Å². The Kier molecular flexibility index (Phi) is 9.88. The summed E-state index contributed by atoms with van der Waals surface area (Å²) in [7, 11) is -3.56. The minimum atomic E-state index is -3.56. The van der Waals surface area contributed by atoms with E-state index in [-0.39, 0.29) is 36.2 Å². The molecule has 0 saturated heterocycles. The third kappa shape index (κ3) is 7.68. The van der Waals surface area contributed by atoms with Crippen molar-refractivity contribution in [3.05, 3.63) is 126 Å². The highest BCUT2D eigenvalue weighted by molar-refractivity contribution is 7.89. The summed E-state index contributed by atoms with van der Waals surface area (Å²) in [6.07, 6.45) is 2.08. The lowest BCUT2D eigenvalue weighted by atomic mass is 10.0. The maximum atomic E-state index is 13.8. The van der Waals surface area contributed by atoms with Crippen molar-refractivity contribution in [1.29, 1.82) is 0 Å². The van der Waals surface area contributed by atoms with E-state index in [1.165, 1.54) is 12.1 Å². The van der Waals surface area contributed by atoms with E-state index >= 15 is 0 Å². The first-order valence-corrected chi connectivity index (χ1v) is 14.6. The highest BCUT2D eigenvalue weighted by Crippen LogP contribution is 2.25. The molecule has 4 aromatic rings. The second-order valence-corrected chi connectivity index (χ2v) is 11.0. The minimum Gasteiger partial charge on any atom is -0.467 e. The number of aryl methyl sites for hydroxylation is 1. The van der Waals surface area contributed by atoms with Gasteiger partial charge in [-0.15, -0.1) is 0 Å². The minimum absolute atomic E-state index is 0.140. The van der Waals surface area contributed by atoms with Gasteiger partial charge in [-0.05, 0) is 47.4 Å². The second-order valence-electron chi connectivity index (χ2n) is 9.26. The number of hydrogen-bond acceptors (Lipinski definition) is 5.